The second-order valence-corrected chi connectivity index (χ2v) is 10.4. The average Bonchev–Trinajstić information content (AvgIpc) is 3.44. The molecular formula is C22H27NO. The maximum Gasteiger partial charge on any atom is 0.155 e. The first kappa shape index (κ1) is 14.1. The Hall–Kier alpha value is -1.10. The molecule has 0 N–H and O–H groups in total. The summed E-state index contributed by atoms with van der Waals surface area (Å²) in [5.41, 5.74) is 2.11. The molecule has 126 valence electrons. The first-order chi connectivity index (χ1) is 11.5. The third kappa shape index (κ3) is 1.40. The van der Waals surface area contributed by atoms with Crippen molar-refractivity contribution in [3.63, 3.8) is 0 Å². The van der Waals surface area contributed by atoms with Gasteiger partial charge < -0.3 is 0 Å². The molecule has 24 heavy (non-hydrogen) atoms. The highest BCUT2D eigenvalue weighted by Crippen LogP contribution is 2.79. The average molecular weight is 321 g/mol. The van der Waals surface area contributed by atoms with E-state index < -0.39 is 0 Å². The summed E-state index contributed by atoms with van der Waals surface area (Å²) in [5, 5.41) is 9.81. The molecule has 0 aromatic heterocycles. The Morgan fingerprint density at radius 3 is 2.79 bits per heavy atom. The number of rotatable bonds is 0. The van der Waals surface area contributed by atoms with Crippen molar-refractivity contribution in [3.8, 4) is 6.07 Å². The highest BCUT2D eigenvalue weighted by atomic mass is 16.1. The number of hydrogen-bond donors (Lipinski definition) is 0. The Morgan fingerprint density at radius 2 is 2.00 bits per heavy atom. The third-order valence-electron chi connectivity index (χ3n) is 9.68. The molecule has 2 nitrogen and oxygen atoms in total. The molecule has 0 amide bonds. The van der Waals surface area contributed by atoms with Gasteiger partial charge in [0.15, 0.2) is 5.78 Å². The van der Waals surface area contributed by atoms with E-state index in [1.165, 1.54) is 31.3 Å². The largest absolute Gasteiger partial charge is 0.295 e. The topological polar surface area (TPSA) is 40.9 Å². The van der Waals surface area contributed by atoms with E-state index in [4.69, 9.17) is 0 Å². The number of hydrogen-bond acceptors (Lipinski definition) is 2. The Bertz CT molecular complexity index is 731. The van der Waals surface area contributed by atoms with Gasteiger partial charge in [-0.3, -0.25) is 4.79 Å². The van der Waals surface area contributed by atoms with E-state index >= 15 is 0 Å². The molecular weight excluding hydrogens is 294 g/mol. The minimum absolute atomic E-state index is 0.284. The number of carbonyl (C=O) groups excluding carboxylic acids is 1. The van der Waals surface area contributed by atoms with Crippen LogP contribution in [0.25, 0.3) is 0 Å². The summed E-state index contributed by atoms with van der Waals surface area (Å²) in [6, 6.07) is 2.73. The smallest absolute Gasteiger partial charge is 0.155 e. The van der Waals surface area contributed by atoms with Crippen LogP contribution >= 0.6 is 0 Å². The number of allylic oxidation sites excluding steroid dienone is 1. The number of nitrogens with zero attached hydrogens (tertiary/aromatic N) is 1. The zero-order valence-electron chi connectivity index (χ0n) is 14.8. The van der Waals surface area contributed by atoms with Crippen LogP contribution in [0, 0.1) is 69.5 Å². The highest BCUT2D eigenvalue weighted by molar-refractivity contribution is 5.92. The van der Waals surface area contributed by atoms with E-state index in [0.717, 1.165) is 48.3 Å². The number of ketones is 1. The van der Waals surface area contributed by atoms with Gasteiger partial charge in [-0.25, -0.2) is 0 Å². The molecule has 10 atom stereocenters. The minimum atomic E-state index is 0.284. The van der Waals surface area contributed by atoms with Crippen LogP contribution in [0.3, 0.4) is 0 Å². The molecule has 0 aromatic carbocycles. The lowest BCUT2D eigenvalue weighted by Crippen LogP contribution is -2.52. The predicted molar refractivity (Wildman–Crippen MR) is 90.5 cm³/mol. The van der Waals surface area contributed by atoms with Crippen molar-refractivity contribution in [2.24, 2.45) is 58.2 Å². The monoisotopic (exact) mass is 321 g/mol. The van der Waals surface area contributed by atoms with Crippen LogP contribution in [0.2, 0.25) is 0 Å². The summed E-state index contributed by atoms with van der Waals surface area (Å²) in [6.07, 6.45) is 9.11. The van der Waals surface area contributed by atoms with Crippen molar-refractivity contribution in [2.45, 2.75) is 52.4 Å². The van der Waals surface area contributed by atoms with Gasteiger partial charge in [0.1, 0.15) is 0 Å². The molecule has 0 spiro atoms. The van der Waals surface area contributed by atoms with Gasteiger partial charge in [0.05, 0.1) is 12.0 Å². The molecule has 6 aliphatic rings. The lowest BCUT2D eigenvalue weighted by atomic mass is 9.46. The normalized spacial score (nSPS) is 62.2. The Morgan fingerprint density at radius 1 is 1.17 bits per heavy atom. The lowest BCUT2D eigenvalue weighted by molar-refractivity contribution is -0.118. The Balaban J connectivity index is 1.45. The quantitative estimate of drug-likeness (QED) is 0.665. The maximum atomic E-state index is 12.0. The van der Waals surface area contributed by atoms with Crippen molar-refractivity contribution in [2.75, 3.05) is 0 Å². The van der Waals surface area contributed by atoms with Crippen molar-refractivity contribution in [3.05, 3.63) is 11.6 Å². The van der Waals surface area contributed by atoms with Gasteiger partial charge in [-0.05, 0) is 90.4 Å². The number of nitriles is 1. The van der Waals surface area contributed by atoms with Gasteiger partial charge in [0, 0.05) is 6.42 Å². The van der Waals surface area contributed by atoms with E-state index in [2.05, 4.69) is 26.0 Å². The van der Waals surface area contributed by atoms with Crippen molar-refractivity contribution in [1.82, 2.24) is 0 Å². The molecule has 0 heterocycles. The van der Waals surface area contributed by atoms with Crippen LogP contribution in [0.15, 0.2) is 11.6 Å². The fourth-order valence-corrected chi connectivity index (χ4v) is 8.59. The summed E-state index contributed by atoms with van der Waals surface area (Å²) in [6.45, 7) is 4.95. The van der Waals surface area contributed by atoms with E-state index in [1.54, 1.807) is 0 Å². The molecule has 0 aromatic rings. The van der Waals surface area contributed by atoms with Gasteiger partial charge in [0.2, 0.25) is 0 Å². The summed E-state index contributed by atoms with van der Waals surface area (Å²) in [7, 11) is 0. The zero-order valence-corrected chi connectivity index (χ0v) is 14.8. The fraction of sp³-hybridized carbons (Fsp3) is 0.818. The third-order valence-corrected chi connectivity index (χ3v) is 9.68. The van der Waals surface area contributed by atoms with Crippen molar-refractivity contribution < 1.29 is 4.79 Å². The molecule has 2 heteroatoms. The highest BCUT2D eigenvalue weighted by Gasteiger charge is 2.74. The molecule has 0 saturated heterocycles. The summed E-state index contributed by atoms with van der Waals surface area (Å²) < 4.78 is 0. The van der Waals surface area contributed by atoms with Gasteiger partial charge in [-0.1, -0.05) is 19.4 Å². The van der Waals surface area contributed by atoms with Crippen molar-refractivity contribution >= 4 is 5.78 Å². The zero-order chi connectivity index (χ0) is 16.4. The van der Waals surface area contributed by atoms with Crippen molar-refractivity contribution in [1.29, 1.82) is 5.26 Å². The molecule has 6 aliphatic carbocycles. The standard InChI is InChI=1S/C22H27NO/c1-21-5-3-11(24)7-17(21)12-8-14(12)19-16(21)4-6-22(2)18(10-23)13-9-15(13)20(19)22/h7,12-16,18-20H,3-6,8-9H2,1-2H3/t12-,13+,14+,15-,16+,18+,19-,20+,21-,22-/m1/s1. The predicted octanol–water partition coefficient (Wildman–Crippen LogP) is 4.37. The SMILES string of the molecule is C[C@]12CC[C@H]3[C@@H]([C@H]4C[C@H]4C4=CC(=O)CC[C@@]43C)[C@@H]1[C@@H]1C[C@@H]1[C@@H]2C#N. The molecule has 0 aliphatic heterocycles. The van der Waals surface area contributed by atoms with Crippen LogP contribution in [0.5, 0.6) is 0 Å². The van der Waals surface area contributed by atoms with E-state index in [0.29, 0.717) is 23.0 Å². The molecule has 0 bridgehead atoms. The first-order valence-electron chi connectivity index (χ1n) is 10.1. The Kier molecular flexibility index (Phi) is 2.35. The van der Waals surface area contributed by atoms with E-state index in [9.17, 15) is 10.1 Å². The van der Waals surface area contributed by atoms with Gasteiger partial charge in [0.25, 0.3) is 0 Å². The molecule has 5 fully saturated rings. The van der Waals surface area contributed by atoms with Crippen LogP contribution < -0.4 is 0 Å². The molecule has 0 unspecified atom stereocenters. The number of fused-ring (bicyclic) bond motifs is 10. The fourth-order valence-electron chi connectivity index (χ4n) is 8.59. The van der Waals surface area contributed by atoms with Crippen LogP contribution in [0.1, 0.15) is 52.4 Å². The van der Waals surface area contributed by atoms with Crippen LogP contribution in [-0.4, -0.2) is 5.78 Å². The maximum absolute atomic E-state index is 12.0. The van der Waals surface area contributed by atoms with E-state index in [-0.39, 0.29) is 5.41 Å². The molecule has 0 radical (unpaired) electrons. The molecule has 6 rings (SSSR count). The summed E-state index contributed by atoms with van der Waals surface area (Å²) in [5.74, 6) is 6.24. The van der Waals surface area contributed by atoms with Gasteiger partial charge in [-0.15, -0.1) is 0 Å². The second-order valence-electron chi connectivity index (χ2n) is 10.4. The summed E-state index contributed by atoms with van der Waals surface area (Å²) >= 11 is 0. The van der Waals surface area contributed by atoms with Gasteiger partial charge in [-0.2, -0.15) is 5.26 Å². The minimum Gasteiger partial charge on any atom is -0.295 e. The summed E-state index contributed by atoms with van der Waals surface area (Å²) in [4.78, 5) is 12.0. The van der Waals surface area contributed by atoms with E-state index in [1.807, 2.05) is 0 Å². The van der Waals surface area contributed by atoms with Crippen LogP contribution in [0.4, 0.5) is 0 Å². The lowest BCUT2D eigenvalue weighted by Gasteiger charge is -2.58. The molecule has 5 saturated carbocycles. The Labute approximate surface area is 144 Å². The van der Waals surface area contributed by atoms with Crippen LogP contribution in [-0.2, 0) is 4.79 Å². The second kappa shape index (κ2) is 4.00. The number of carbonyl (C=O) groups is 1. The first-order valence-corrected chi connectivity index (χ1v) is 10.1. The van der Waals surface area contributed by atoms with Gasteiger partial charge >= 0.3 is 0 Å².